The van der Waals surface area contributed by atoms with Crippen molar-refractivity contribution in [3.05, 3.63) is 206 Å². The standard InChI is InChI=1S/C50H34N2/c1-5-14-35(15-6-1)36-24-27-41(28-25-36)52-48-30-26-39(49-42(37-16-7-2-8-17-37)22-13-23-43(49)38-18-9-3-10-19-38)34-46(48)44-29-31-47-45(50(44)52)32-33-51(47)40-20-11-4-12-21-40/h1-34H. The minimum absolute atomic E-state index is 1.14. The van der Waals surface area contributed by atoms with Gasteiger partial charge >= 0.3 is 0 Å². The molecule has 0 atom stereocenters. The lowest BCUT2D eigenvalue weighted by Gasteiger charge is -2.17. The van der Waals surface area contributed by atoms with Crippen LogP contribution in [0.4, 0.5) is 0 Å². The van der Waals surface area contributed by atoms with Gasteiger partial charge in [-0.1, -0.05) is 152 Å². The van der Waals surface area contributed by atoms with Gasteiger partial charge in [0.05, 0.1) is 16.6 Å². The molecule has 0 bridgehead atoms. The monoisotopic (exact) mass is 662 g/mol. The molecular formula is C50H34N2. The van der Waals surface area contributed by atoms with Crippen molar-refractivity contribution in [2.24, 2.45) is 0 Å². The van der Waals surface area contributed by atoms with Gasteiger partial charge in [0.2, 0.25) is 0 Å². The molecule has 10 rings (SSSR count). The molecule has 0 saturated heterocycles. The van der Waals surface area contributed by atoms with E-state index in [1.54, 1.807) is 0 Å². The molecule has 2 aromatic heterocycles. The Hall–Kier alpha value is -6.90. The van der Waals surface area contributed by atoms with Crippen LogP contribution >= 0.6 is 0 Å². The van der Waals surface area contributed by atoms with E-state index < -0.39 is 0 Å². The second-order valence-electron chi connectivity index (χ2n) is 13.4. The first-order chi connectivity index (χ1) is 25.8. The summed E-state index contributed by atoms with van der Waals surface area (Å²) >= 11 is 0. The normalized spacial score (nSPS) is 11.5. The molecule has 2 heterocycles. The number of para-hydroxylation sites is 1. The number of rotatable bonds is 6. The Morgan fingerprint density at radius 2 is 0.846 bits per heavy atom. The number of hydrogen-bond acceptors (Lipinski definition) is 0. The van der Waals surface area contributed by atoms with E-state index in [9.17, 15) is 0 Å². The van der Waals surface area contributed by atoms with Gasteiger partial charge in [0, 0.05) is 33.7 Å². The van der Waals surface area contributed by atoms with E-state index in [4.69, 9.17) is 0 Å². The Kier molecular flexibility index (Phi) is 7.18. The summed E-state index contributed by atoms with van der Waals surface area (Å²) in [6, 6.07) is 72.4. The third-order valence-corrected chi connectivity index (χ3v) is 10.4. The van der Waals surface area contributed by atoms with Crippen molar-refractivity contribution in [3.8, 4) is 55.9 Å². The summed E-state index contributed by atoms with van der Waals surface area (Å²) in [6.45, 7) is 0. The van der Waals surface area contributed by atoms with Gasteiger partial charge in [0.1, 0.15) is 0 Å². The fraction of sp³-hybridized carbons (Fsp3) is 0. The summed E-state index contributed by atoms with van der Waals surface area (Å²) in [4.78, 5) is 0. The SMILES string of the molecule is c1ccc(-c2ccc(-n3c4ccc(-c5c(-c6ccccc6)cccc5-c5ccccc5)cc4c4ccc5c(ccn5-c5ccccc5)c43)cc2)cc1. The van der Waals surface area contributed by atoms with Gasteiger partial charge in [0.15, 0.2) is 0 Å². The average Bonchev–Trinajstić information content (AvgIpc) is 3.81. The summed E-state index contributed by atoms with van der Waals surface area (Å²) in [7, 11) is 0. The number of hydrogen-bond donors (Lipinski definition) is 0. The number of nitrogens with zero attached hydrogens (tertiary/aromatic N) is 2. The fourth-order valence-electron chi connectivity index (χ4n) is 7.98. The fourth-order valence-corrected chi connectivity index (χ4v) is 7.98. The van der Waals surface area contributed by atoms with Crippen molar-refractivity contribution in [1.29, 1.82) is 0 Å². The number of aromatic nitrogens is 2. The third-order valence-electron chi connectivity index (χ3n) is 10.4. The summed E-state index contributed by atoms with van der Waals surface area (Å²) in [5, 5.41) is 3.69. The molecule has 0 unspecified atom stereocenters. The molecule has 2 heteroatoms. The van der Waals surface area contributed by atoms with E-state index in [1.807, 2.05) is 0 Å². The topological polar surface area (TPSA) is 9.86 Å². The lowest BCUT2D eigenvalue weighted by Crippen LogP contribution is -1.95. The molecule has 8 aromatic carbocycles. The first-order valence-electron chi connectivity index (χ1n) is 17.9. The maximum atomic E-state index is 2.46. The van der Waals surface area contributed by atoms with E-state index in [0.717, 1.165) is 11.4 Å². The van der Waals surface area contributed by atoms with E-state index in [0.29, 0.717) is 0 Å². The van der Waals surface area contributed by atoms with E-state index in [-0.39, 0.29) is 0 Å². The number of benzene rings is 8. The van der Waals surface area contributed by atoms with Gasteiger partial charge in [-0.2, -0.15) is 0 Å². The molecule has 0 fully saturated rings. The molecule has 0 spiro atoms. The first kappa shape index (κ1) is 30.0. The minimum atomic E-state index is 1.14. The maximum Gasteiger partial charge on any atom is 0.0635 e. The number of fused-ring (bicyclic) bond motifs is 5. The Bertz CT molecular complexity index is 2790. The predicted molar refractivity (Wildman–Crippen MR) is 219 cm³/mol. The van der Waals surface area contributed by atoms with Crippen LogP contribution in [0, 0.1) is 0 Å². The average molecular weight is 663 g/mol. The van der Waals surface area contributed by atoms with Crippen molar-refractivity contribution >= 4 is 32.7 Å². The summed E-state index contributed by atoms with van der Waals surface area (Å²) < 4.78 is 4.76. The van der Waals surface area contributed by atoms with Crippen LogP contribution in [-0.4, -0.2) is 9.13 Å². The Labute approximate surface area is 303 Å². The Morgan fingerprint density at radius 3 is 1.48 bits per heavy atom. The highest BCUT2D eigenvalue weighted by Gasteiger charge is 2.20. The molecule has 0 aliphatic carbocycles. The van der Waals surface area contributed by atoms with Crippen LogP contribution < -0.4 is 0 Å². The first-order valence-corrected chi connectivity index (χ1v) is 17.9. The second kappa shape index (κ2) is 12.5. The van der Waals surface area contributed by atoms with Crippen molar-refractivity contribution in [1.82, 2.24) is 9.13 Å². The van der Waals surface area contributed by atoms with Crippen LogP contribution in [0.25, 0.3) is 88.6 Å². The molecular weight excluding hydrogens is 629 g/mol. The largest absolute Gasteiger partial charge is 0.316 e. The highest BCUT2D eigenvalue weighted by atomic mass is 15.0. The summed E-state index contributed by atoms with van der Waals surface area (Å²) in [5.74, 6) is 0. The predicted octanol–water partition coefficient (Wildman–Crippen LogP) is 13.4. The van der Waals surface area contributed by atoms with E-state index in [2.05, 4.69) is 216 Å². The molecule has 10 aromatic rings. The van der Waals surface area contributed by atoms with Crippen molar-refractivity contribution in [2.75, 3.05) is 0 Å². The molecule has 52 heavy (non-hydrogen) atoms. The molecule has 0 N–H and O–H groups in total. The zero-order valence-corrected chi connectivity index (χ0v) is 28.5. The van der Waals surface area contributed by atoms with Crippen LogP contribution in [0.3, 0.4) is 0 Å². The molecule has 0 aliphatic rings. The minimum Gasteiger partial charge on any atom is -0.316 e. The molecule has 244 valence electrons. The lowest BCUT2D eigenvalue weighted by molar-refractivity contribution is 1.13. The van der Waals surface area contributed by atoms with Crippen LogP contribution in [0.1, 0.15) is 0 Å². The van der Waals surface area contributed by atoms with Crippen LogP contribution in [0.5, 0.6) is 0 Å². The van der Waals surface area contributed by atoms with E-state index >= 15 is 0 Å². The van der Waals surface area contributed by atoms with Gasteiger partial charge in [-0.15, -0.1) is 0 Å². The zero-order chi connectivity index (χ0) is 34.4. The lowest BCUT2D eigenvalue weighted by atomic mass is 9.87. The highest BCUT2D eigenvalue weighted by molar-refractivity contribution is 6.19. The van der Waals surface area contributed by atoms with Gasteiger partial charge < -0.3 is 9.13 Å². The van der Waals surface area contributed by atoms with Crippen molar-refractivity contribution < 1.29 is 0 Å². The maximum absolute atomic E-state index is 2.46. The summed E-state index contributed by atoms with van der Waals surface area (Å²) in [5.41, 5.74) is 15.6. The Balaban J connectivity index is 1.25. The Morgan fingerprint density at radius 1 is 0.308 bits per heavy atom. The molecule has 0 saturated carbocycles. The molecule has 0 aliphatic heterocycles. The molecule has 2 nitrogen and oxygen atoms in total. The second-order valence-corrected chi connectivity index (χ2v) is 13.4. The summed E-state index contributed by atoms with van der Waals surface area (Å²) in [6.07, 6.45) is 2.20. The van der Waals surface area contributed by atoms with Crippen molar-refractivity contribution in [2.45, 2.75) is 0 Å². The smallest absolute Gasteiger partial charge is 0.0635 e. The third kappa shape index (κ3) is 4.96. The van der Waals surface area contributed by atoms with Gasteiger partial charge in [-0.25, -0.2) is 0 Å². The highest BCUT2D eigenvalue weighted by Crippen LogP contribution is 2.44. The van der Waals surface area contributed by atoms with Crippen molar-refractivity contribution in [3.63, 3.8) is 0 Å². The van der Waals surface area contributed by atoms with Crippen LogP contribution in [0.2, 0.25) is 0 Å². The van der Waals surface area contributed by atoms with Crippen LogP contribution in [-0.2, 0) is 0 Å². The van der Waals surface area contributed by atoms with Gasteiger partial charge in [-0.3, -0.25) is 0 Å². The van der Waals surface area contributed by atoms with Gasteiger partial charge in [0.25, 0.3) is 0 Å². The zero-order valence-electron chi connectivity index (χ0n) is 28.5. The quantitative estimate of drug-likeness (QED) is 0.168. The van der Waals surface area contributed by atoms with Crippen LogP contribution in [0.15, 0.2) is 206 Å². The molecule has 0 radical (unpaired) electrons. The molecule has 0 amide bonds. The van der Waals surface area contributed by atoms with Gasteiger partial charge in [-0.05, 0) is 93.0 Å². The van der Waals surface area contributed by atoms with E-state index in [1.165, 1.54) is 77.2 Å².